The van der Waals surface area contributed by atoms with Gasteiger partial charge in [0.25, 0.3) is 11.5 Å². The van der Waals surface area contributed by atoms with Gasteiger partial charge >= 0.3 is 0 Å². The van der Waals surface area contributed by atoms with Gasteiger partial charge in [0.2, 0.25) is 0 Å². The first kappa shape index (κ1) is 14.3. The van der Waals surface area contributed by atoms with Crippen LogP contribution in [0.25, 0.3) is 4.96 Å². The molecule has 0 fully saturated rings. The Labute approximate surface area is 130 Å². The molecule has 112 valence electrons. The minimum Gasteiger partial charge on any atom is -0.494 e. The molecular formula is C15H13N3O3S. The van der Waals surface area contributed by atoms with Crippen molar-refractivity contribution in [2.24, 2.45) is 0 Å². The molecule has 1 amide bonds. The zero-order valence-electron chi connectivity index (χ0n) is 11.8. The van der Waals surface area contributed by atoms with Crippen LogP contribution < -0.4 is 15.6 Å². The van der Waals surface area contributed by atoms with Gasteiger partial charge in [-0.3, -0.25) is 14.0 Å². The number of thiazole rings is 1. The van der Waals surface area contributed by atoms with E-state index in [0.717, 1.165) is 5.75 Å². The summed E-state index contributed by atoms with van der Waals surface area (Å²) in [5, 5.41) is 4.43. The lowest BCUT2D eigenvalue weighted by molar-refractivity contribution is 0.102. The van der Waals surface area contributed by atoms with Crippen LogP contribution in [-0.2, 0) is 0 Å². The highest BCUT2D eigenvalue weighted by atomic mass is 32.1. The second-order valence-electron chi connectivity index (χ2n) is 4.44. The number of carbonyl (C=O) groups excluding carboxylic acids is 1. The van der Waals surface area contributed by atoms with Gasteiger partial charge in [-0.15, -0.1) is 11.3 Å². The van der Waals surface area contributed by atoms with Gasteiger partial charge in [0.1, 0.15) is 11.3 Å². The van der Waals surface area contributed by atoms with Crippen LogP contribution in [0.3, 0.4) is 0 Å². The number of nitrogens with zero attached hydrogens (tertiary/aromatic N) is 2. The maximum Gasteiger partial charge on any atom is 0.271 e. The van der Waals surface area contributed by atoms with E-state index in [9.17, 15) is 9.59 Å². The lowest BCUT2D eigenvalue weighted by Gasteiger charge is -2.07. The van der Waals surface area contributed by atoms with Crippen molar-refractivity contribution >= 4 is 27.9 Å². The fraction of sp³-hybridized carbons (Fsp3) is 0.133. The maximum absolute atomic E-state index is 12.2. The van der Waals surface area contributed by atoms with Crippen molar-refractivity contribution in [1.82, 2.24) is 9.38 Å². The third kappa shape index (κ3) is 2.71. The molecule has 0 aliphatic carbocycles. The molecule has 1 aromatic carbocycles. The molecule has 6 nitrogen and oxygen atoms in total. The van der Waals surface area contributed by atoms with Crippen LogP contribution in [0.2, 0.25) is 0 Å². The van der Waals surface area contributed by atoms with Gasteiger partial charge in [0.15, 0.2) is 4.96 Å². The molecule has 0 atom stereocenters. The standard InChI is InChI=1S/C15H13N3O3S/c1-2-21-11-5-3-10(4-6-11)17-13(19)12-9-16-15-18(14(12)20)7-8-22-15/h3-9H,2H2,1H3,(H,17,19). The number of nitrogens with one attached hydrogen (secondary N) is 1. The van der Waals surface area contributed by atoms with Gasteiger partial charge in [-0.05, 0) is 31.2 Å². The van der Waals surface area contributed by atoms with E-state index < -0.39 is 5.91 Å². The van der Waals surface area contributed by atoms with Crippen LogP contribution in [0.1, 0.15) is 17.3 Å². The van der Waals surface area contributed by atoms with Crippen LogP contribution in [-0.4, -0.2) is 21.9 Å². The predicted molar refractivity (Wildman–Crippen MR) is 84.9 cm³/mol. The first-order valence-electron chi connectivity index (χ1n) is 6.68. The molecule has 0 aliphatic heterocycles. The number of aromatic nitrogens is 2. The molecule has 22 heavy (non-hydrogen) atoms. The molecule has 3 aromatic rings. The van der Waals surface area contributed by atoms with Gasteiger partial charge < -0.3 is 10.1 Å². The summed E-state index contributed by atoms with van der Waals surface area (Å²) in [6.45, 7) is 2.48. The maximum atomic E-state index is 12.2. The minimum atomic E-state index is -0.484. The first-order valence-corrected chi connectivity index (χ1v) is 7.56. The van der Waals surface area contributed by atoms with E-state index in [-0.39, 0.29) is 11.1 Å². The zero-order chi connectivity index (χ0) is 15.5. The minimum absolute atomic E-state index is 0.00443. The number of carbonyl (C=O) groups is 1. The largest absolute Gasteiger partial charge is 0.494 e. The highest BCUT2D eigenvalue weighted by molar-refractivity contribution is 7.15. The molecule has 0 bridgehead atoms. The smallest absolute Gasteiger partial charge is 0.271 e. The Morgan fingerprint density at radius 2 is 2.14 bits per heavy atom. The summed E-state index contributed by atoms with van der Waals surface area (Å²) in [7, 11) is 0. The van der Waals surface area contributed by atoms with Crippen molar-refractivity contribution in [1.29, 1.82) is 0 Å². The van der Waals surface area contributed by atoms with Crippen LogP contribution in [0.4, 0.5) is 5.69 Å². The van der Waals surface area contributed by atoms with Gasteiger partial charge in [0, 0.05) is 23.5 Å². The number of amides is 1. The number of fused-ring (bicyclic) bond motifs is 1. The zero-order valence-corrected chi connectivity index (χ0v) is 12.6. The molecule has 2 aromatic heterocycles. The molecule has 1 N–H and O–H groups in total. The molecule has 0 unspecified atom stereocenters. The normalized spacial score (nSPS) is 10.6. The molecular weight excluding hydrogens is 302 g/mol. The molecule has 0 radical (unpaired) electrons. The van der Waals surface area contributed by atoms with Gasteiger partial charge in [-0.25, -0.2) is 4.98 Å². The average Bonchev–Trinajstić information content (AvgIpc) is 2.99. The molecule has 0 saturated carbocycles. The first-order chi connectivity index (χ1) is 10.7. The van der Waals surface area contributed by atoms with E-state index in [1.807, 2.05) is 6.92 Å². The second kappa shape index (κ2) is 5.98. The summed E-state index contributed by atoms with van der Waals surface area (Å²) in [4.78, 5) is 29.1. The predicted octanol–water partition coefficient (Wildman–Crippen LogP) is 2.41. The second-order valence-corrected chi connectivity index (χ2v) is 5.32. The number of benzene rings is 1. The molecule has 3 rings (SSSR count). The van der Waals surface area contributed by atoms with E-state index in [1.165, 1.54) is 21.9 Å². The van der Waals surface area contributed by atoms with E-state index in [0.29, 0.717) is 17.3 Å². The molecule has 0 spiro atoms. The molecule has 0 saturated heterocycles. The van der Waals surface area contributed by atoms with E-state index in [2.05, 4.69) is 10.3 Å². The number of rotatable bonds is 4. The summed E-state index contributed by atoms with van der Waals surface area (Å²) in [5.74, 6) is 0.240. The average molecular weight is 315 g/mol. The Balaban J connectivity index is 1.83. The summed E-state index contributed by atoms with van der Waals surface area (Å²) >= 11 is 1.34. The number of hydrogen-bond donors (Lipinski definition) is 1. The fourth-order valence-corrected chi connectivity index (χ4v) is 2.66. The monoisotopic (exact) mass is 315 g/mol. The summed E-state index contributed by atoms with van der Waals surface area (Å²) in [6, 6.07) is 6.95. The highest BCUT2D eigenvalue weighted by Crippen LogP contribution is 2.16. The van der Waals surface area contributed by atoms with Crippen molar-refractivity contribution in [3.63, 3.8) is 0 Å². The van der Waals surface area contributed by atoms with Crippen LogP contribution in [0.15, 0.2) is 46.8 Å². The van der Waals surface area contributed by atoms with E-state index in [1.54, 1.807) is 35.8 Å². The molecule has 0 aliphatic rings. The Bertz CT molecular complexity index is 868. The number of anilines is 1. The quantitative estimate of drug-likeness (QED) is 0.802. The highest BCUT2D eigenvalue weighted by Gasteiger charge is 2.14. The summed E-state index contributed by atoms with van der Waals surface area (Å²) in [5.41, 5.74) is 0.211. The summed E-state index contributed by atoms with van der Waals surface area (Å²) in [6.07, 6.45) is 2.90. The van der Waals surface area contributed by atoms with Crippen LogP contribution >= 0.6 is 11.3 Å². The fourth-order valence-electron chi connectivity index (χ4n) is 1.98. The van der Waals surface area contributed by atoms with Crippen molar-refractivity contribution in [2.45, 2.75) is 6.92 Å². The molecule has 7 heteroatoms. The SMILES string of the molecule is CCOc1ccc(NC(=O)c2cnc3sccn3c2=O)cc1. The lowest BCUT2D eigenvalue weighted by atomic mass is 10.2. The third-order valence-electron chi connectivity index (χ3n) is 3.01. The van der Waals surface area contributed by atoms with Crippen LogP contribution in [0, 0.1) is 0 Å². The number of hydrogen-bond acceptors (Lipinski definition) is 5. The Hall–Kier alpha value is -2.67. The van der Waals surface area contributed by atoms with Crippen LogP contribution in [0.5, 0.6) is 5.75 Å². The third-order valence-corrected chi connectivity index (χ3v) is 3.78. The Morgan fingerprint density at radius 1 is 1.36 bits per heavy atom. The van der Waals surface area contributed by atoms with E-state index in [4.69, 9.17) is 4.74 Å². The van der Waals surface area contributed by atoms with Gasteiger partial charge in [-0.2, -0.15) is 0 Å². The number of ether oxygens (including phenoxy) is 1. The summed E-state index contributed by atoms with van der Waals surface area (Å²) < 4.78 is 6.69. The lowest BCUT2D eigenvalue weighted by Crippen LogP contribution is -2.25. The van der Waals surface area contributed by atoms with Crippen molar-refractivity contribution in [3.8, 4) is 5.75 Å². The van der Waals surface area contributed by atoms with E-state index >= 15 is 0 Å². The van der Waals surface area contributed by atoms with Crippen molar-refractivity contribution < 1.29 is 9.53 Å². The Kier molecular flexibility index (Phi) is 3.88. The van der Waals surface area contributed by atoms with Gasteiger partial charge in [-0.1, -0.05) is 0 Å². The van der Waals surface area contributed by atoms with Crippen molar-refractivity contribution in [2.75, 3.05) is 11.9 Å². The Morgan fingerprint density at radius 3 is 2.86 bits per heavy atom. The van der Waals surface area contributed by atoms with Crippen molar-refractivity contribution in [3.05, 3.63) is 58.0 Å². The topological polar surface area (TPSA) is 72.7 Å². The van der Waals surface area contributed by atoms with Gasteiger partial charge in [0.05, 0.1) is 6.61 Å². The molecule has 2 heterocycles.